The van der Waals surface area contributed by atoms with Crippen LogP contribution >= 0.6 is 0 Å². The highest BCUT2D eigenvalue weighted by atomic mass is 14.9. The number of nitrogens with zero attached hydrogens (tertiary/aromatic N) is 1. The van der Waals surface area contributed by atoms with Crippen LogP contribution in [0, 0.1) is 0 Å². The molecule has 2 nitrogen and oxygen atoms in total. The lowest BCUT2D eigenvalue weighted by Gasteiger charge is -2.21. The van der Waals surface area contributed by atoms with Gasteiger partial charge >= 0.3 is 0 Å². The fourth-order valence-corrected chi connectivity index (χ4v) is 4.44. The Labute approximate surface area is 202 Å². The largest absolute Gasteiger partial charge is 0.381 e. The fraction of sp³-hybridized carbons (Fsp3) is 0.156. The first-order chi connectivity index (χ1) is 16.5. The molecule has 0 unspecified atom stereocenters. The van der Waals surface area contributed by atoms with E-state index in [2.05, 4.69) is 129 Å². The lowest BCUT2D eigenvalue weighted by Crippen LogP contribution is -2.15. The summed E-state index contributed by atoms with van der Waals surface area (Å²) in [6, 6.07) is 30.3. The minimum atomic E-state index is 0.0516. The van der Waals surface area contributed by atoms with E-state index < -0.39 is 0 Å². The molecular weight excluding hydrogens is 412 g/mol. The molecule has 2 heterocycles. The molecule has 1 N–H and O–H groups in total. The third kappa shape index (κ3) is 4.45. The molecule has 1 aliphatic rings. The van der Waals surface area contributed by atoms with E-state index in [1.54, 1.807) is 0 Å². The standard InChI is InChI=1S/C32H30N2/c1-32(2,3)25-18-20-34-31(22-25)29-21-24(23-11-5-4-6-12-23)16-17-27(29)26-13-7-8-14-28(26)30-15-9-10-19-33-30/h4-18,20-22,33H,19H2,1-3H3. The highest BCUT2D eigenvalue weighted by molar-refractivity contribution is 5.91. The summed E-state index contributed by atoms with van der Waals surface area (Å²) in [5.41, 5.74) is 10.6. The maximum Gasteiger partial charge on any atom is 0.0711 e. The Hall–Kier alpha value is -3.91. The zero-order valence-corrected chi connectivity index (χ0v) is 20.0. The maximum absolute atomic E-state index is 4.84. The van der Waals surface area contributed by atoms with E-state index in [1.165, 1.54) is 33.4 Å². The second-order valence-electron chi connectivity index (χ2n) is 9.74. The van der Waals surface area contributed by atoms with Crippen LogP contribution in [0.5, 0.6) is 0 Å². The Balaban J connectivity index is 1.74. The molecule has 34 heavy (non-hydrogen) atoms. The molecule has 0 atom stereocenters. The smallest absolute Gasteiger partial charge is 0.0711 e. The predicted molar refractivity (Wildman–Crippen MR) is 144 cm³/mol. The number of nitrogens with one attached hydrogen (secondary N) is 1. The molecule has 0 radical (unpaired) electrons. The lowest BCUT2D eigenvalue weighted by atomic mass is 9.85. The number of allylic oxidation sites excluding steroid dienone is 2. The van der Waals surface area contributed by atoms with Gasteiger partial charge in [-0.15, -0.1) is 0 Å². The van der Waals surface area contributed by atoms with Crippen molar-refractivity contribution in [3.05, 3.63) is 120 Å². The van der Waals surface area contributed by atoms with Crippen molar-refractivity contribution in [2.75, 3.05) is 6.54 Å². The quantitative estimate of drug-likeness (QED) is 0.348. The van der Waals surface area contributed by atoms with Crippen LogP contribution < -0.4 is 5.32 Å². The summed E-state index contributed by atoms with van der Waals surface area (Å²) >= 11 is 0. The van der Waals surface area contributed by atoms with Crippen LogP contribution in [0.15, 0.2) is 109 Å². The van der Waals surface area contributed by atoms with Crippen molar-refractivity contribution in [2.24, 2.45) is 0 Å². The third-order valence-electron chi connectivity index (χ3n) is 6.35. The molecule has 0 bridgehead atoms. The molecule has 3 aromatic carbocycles. The van der Waals surface area contributed by atoms with Gasteiger partial charge in [0.1, 0.15) is 0 Å². The monoisotopic (exact) mass is 442 g/mol. The first-order valence-electron chi connectivity index (χ1n) is 11.9. The van der Waals surface area contributed by atoms with Gasteiger partial charge in [0, 0.05) is 29.6 Å². The van der Waals surface area contributed by atoms with Gasteiger partial charge in [0.2, 0.25) is 0 Å². The molecule has 0 saturated heterocycles. The first kappa shape index (κ1) is 21.9. The minimum Gasteiger partial charge on any atom is -0.381 e. The van der Waals surface area contributed by atoms with Gasteiger partial charge in [0.15, 0.2) is 0 Å². The van der Waals surface area contributed by atoms with Crippen LogP contribution in [0.1, 0.15) is 31.9 Å². The minimum absolute atomic E-state index is 0.0516. The number of benzene rings is 3. The Kier molecular flexibility index (Phi) is 5.90. The average molecular weight is 443 g/mol. The molecule has 4 aromatic rings. The second kappa shape index (κ2) is 9.15. The van der Waals surface area contributed by atoms with Gasteiger partial charge in [-0.1, -0.05) is 99.7 Å². The summed E-state index contributed by atoms with van der Waals surface area (Å²) < 4.78 is 0. The molecule has 0 aliphatic carbocycles. The van der Waals surface area contributed by atoms with E-state index in [-0.39, 0.29) is 5.41 Å². The maximum atomic E-state index is 4.84. The summed E-state index contributed by atoms with van der Waals surface area (Å²) in [4.78, 5) is 4.84. The van der Waals surface area contributed by atoms with E-state index >= 15 is 0 Å². The highest BCUT2D eigenvalue weighted by Gasteiger charge is 2.19. The summed E-state index contributed by atoms with van der Waals surface area (Å²) in [7, 11) is 0. The van der Waals surface area contributed by atoms with Crippen LogP contribution in [0.25, 0.3) is 39.2 Å². The Morgan fingerprint density at radius 2 is 1.44 bits per heavy atom. The van der Waals surface area contributed by atoms with Crippen molar-refractivity contribution in [3.63, 3.8) is 0 Å². The topological polar surface area (TPSA) is 24.9 Å². The molecule has 1 aromatic heterocycles. The van der Waals surface area contributed by atoms with E-state index in [1.807, 2.05) is 6.20 Å². The third-order valence-corrected chi connectivity index (χ3v) is 6.35. The molecule has 168 valence electrons. The molecular formula is C32H30N2. The van der Waals surface area contributed by atoms with Crippen molar-refractivity contribution < 1.29 is 0 Å². The van der Waals surface area contributed by atoms with Crippen molar-refractivity contribution in [1.82, 2.24) is 10.3 Å². The molecule has 0 saturated carbocycles. The van der Waals surface area contributed by atoms with Crippen LogP contribution in [0.3, 0.4) is 0 Å². The first-order valence-corrected chi connectivity index (χ1v) is 11.9. The normalized spacial score (nSPS) is 13.3. The van der Waals surface area contributed by atoms with Crippen LogP contribution in [-0.4, -0.2) is 11.5 Å². The average Bonchev–Trinajstić information content (AvgIpc) is 2.89. The summed E-state index contributed by atoms with van der Waals surface area (Å²) in [6.07, 6.45) is 8.35. The molecule has 0 spiro atoms. The van der Waals surface area contributed by atoms with Crippen LogP contribution in [0.4, 0.5) is 0 Å². The van der Waals surface area contributed by atoms with Crippen molar-refractivity contribution in [2.45, 2.75) is 26.2 Å². The molecule has 5 rings (SSSR count). The van der Waals surface area contributed by atoms with Gasteiger partial charge in [0.25, 0.3) is 0 Å². The summed E-state index contributed by atoms with van der Waals surface area (Å²) in [5, 5.41) is 3.53. The molecule has 0 fully saturated rings. The Morgan fingerprint density at radius 3 is 2.18 bits per heavy atom. The second-order valence-corrected chi connectivity index (χ2v) is 9.74. The number of hydrogen-bond donors (Lipinski definition) is 1. The molecule has 2 heteroatoms. The van der Waals surface area contributed by atoms with Crippen molar-refractivity contribution in [1.29, 1.82) is 0 Å². The summed E-state index contributed by atoms with van der Waals surface area (Å²) in [5.74, 6) is 0. The molecule has 0 amide bonds. The van der Waals surface area contributed by atoms with Gasteiger partial charge in [-0.25, -0.2) is 0 Å². The van der Waals surface area contributed by atoms with Crippen LogP contribution in [-0.2, 0) is 5.41 Å². The SMILES string of the molecule is CC(C)(C)c1ccnc(-c2cc(-c3ccccc3)ccc2-c2ccccc2C2=CC=CCN2)c1. The van der Waals surface area contributed by atoms with Gasteiger partial charge in [0.05, 0.1) is 5.69 Å². The van der Waals surface area contributed by atoms with Crippen LogP contribution in [0.2, 0.25) is 0 Å². The lowest BCUT2D eigenvalue weighted by molar-refractivity contribution is 0.589. The number of aromatic nitrogens is 1. The number of hydrogen-bond acceptors (Lipinski definition) is 2. The highest BCUT2D eigenvalue weighted by Crippen LogP contribution is 2.39. The van der Waals surface area contributed by atoms with Gasteiger partial charge in [-0.05, 0) is 57.5 Å². The van der Waals surface area contributed by atoms with Gasteiger partial charge in [-0.2, -0.15) is 0 Å². The fourth-order valence-electron chi connectivity index (χ4n) is 4.44. The van der Waals surface area contributed by atoms with E-state index in [4.69, 9.17) is 4.98 Å². The van der Waals surface area contributed by atoms with Gasteiger partial charge < -0.3 is 5.32 Å². The number of dihydropyridines is 1. The summed E-state index contributed by atoms with van der Waals surface area (Å²) in [6.45, 7) is 7.58. The Morgan fingerprint density at radius 1 is 0.706 bits per heavy atom. The van der Waals surface area contributed by atoms with E-state index in [0.717, 1.165) is 23.5 Å². The zero-order chi connectivity index (χ0) is 23.5. The van der Waals surface area contributed by atoms with E-state index in [9.17, 15) is 0 Å². The van der Waals surface area contributed by atoms with Crippen molar-refractivity contribution in [3.8, 4) is 33.5 Å². The van der Waals surface area contributed by atoms with E-state index in [0.29, 0.717) is 0 Å². The van der Waals surface area contributed by atoms with Gasteiger partial charge in [-0.3, -0.25) is 4.98 Å². The Bertz CT molecular complexity index is 1370. The number of rotatable bonds is 4. The molecule has 1 aliphatic heterocycles. The van der Waals surface area contributed by atoms with Crippen molar-refractivity contribution >= 4 is 5.70 Å². The zero-order valence-electron chi connectivity index (χ0n) is 20.0. The predicted octanol–water partition coefficient (Wildman–Crippen LogP) is 7.88. The number of pyridine rings is 1.